The maximum atomic E-state index is 12.2. The molecule has 3 N–H and O–H groups in total. The number of aryl methyl sites for hydroxylation is 1. The van der Waals surface area contributed by atoms with Crippen LogP contribution in [-0.2, 0) is 0 Å². The second kappa shape index (κ2) is 14.6. The summed E-state index contributed by atoms with van der Waals surface area (Å²) < 4.78 is 6.59. The molecule has 3 aromatic heterocycles. The van der Waals surface area contributed by atoms with Gasteiger partial charge >= 0.3 is 0 Å². The molecule has 0 aliphatic heterocycles. The Balaban J connectivity index is 0. The summed E-state index contributed by atoms with van der Waals surface area (Å²) in [5.74, 6) is 1.66. The first kappa shape index (κ1) is 27.7. The number of hydrogen-bond donors (Lipinski definition) is 2. The average Bonchev–Trinajstić information content (AvgIpc) is 3.32. The molecule has 4 rings (SSSR count). The van der Waals surface area contributed by atoms with E-state index in [0.717, 1.165) is 17.2 Å². The Bertz CT molecular complexity index is 961. The molecule has 0 atom stereocenters. The second-order valence-electron chi connectivity index (χ2n) is 6.86. The van der Waals surface area contributed by atoms with Crippen LogP contribution in [0.3, 0.4) is 0 Å². The van der Waals surface area contributed by atoms with E-state index in [1.54, 1.807) is 30.7 Å². The largest absolute Gasteiger partial charge is 0.491 e. The first-order valence-electron chi connectivity index (χ1n) is 10.6. The van der Waals surface area contributed by atoms with E-state index < -0.39 is 0 Å². The van der Waals surface area contributed by atoms with Crippen LogP contribution in [0.5, 0.6) is 5.75 Å². The number of nitrogen functional groups attached to an aromatic ring is 1. The van der Waals surface area contributed by atoms with Crippen LogP contribution in [0.2, 0.25) is 0 Å². The minimum atomic E-state index is -0.182. The second-order valence-corrected chi connectivity index (χ2v) is 6.86. The zero-order valence-electron chi connectivity index (χ0n) is 19.2. The minimum absolute atomic E-state index is 0. The predicted molar refractivity (Wildman–Crippen MR) is 129 cm³/mol. The Morgan fingerprint density at radius 1 is 1.09 bits per heavy atom. The summed E-state index contributed by atoms with van der Waals surface area (Å²) in [4.78, 5) is 24.2. The monoisotopic (exact) mass is 666 g/mol. The molecule has 1 aliphatic rings. The molecule has 0 bridgehead atoms. The van der Waals surface area contributed by atoms with Crippen LogP contribution < -0.4 is 21.3 Å². The van der Waals surface area contributed by atoms with Gasteiger partial charge in [-0.05, 0) is 44.0 Å². The zero-order chi connectivity index (χ0) is 22.6. The quantitative estimate of drug-likeness (QED) is 0.423. The Hall–Kier alpha value is -2.37. The first-order chi connectivity index (χ1) is 15.1. The van der Waals surface area contributed by atoms with Crippen LogP contribution in [0.1, 0.15) is 48.1 Å². The third-order valence-corrected chi connectivity index (χ3v) is 4.67. The van der Waals surface area contributed by atoms with Crippen LogP contribution in [0.15, 0.2) is 53.8 Å². The molecular formula is C23H36N6O2U. The fraction of sp³-hybridized carbons (Fsp3) is 0.391. The number of methoxy groups -OCH3 is 1. The van der Waals surface area contributed by atoms with Gasteiger partial charge in [-0.3, -0.25) is 14.3 Å². The van der Waals surface area contributed by atoms with E-state index in [2.05, 4.69) is 20.3 Å². The molecule has 0 unspecified atom stereocenters. The summed E-state index contributed by atoms with van der Waals surface area (Å²) >= 11 is 0. The van der Waals surface area contributed by atoms with Crippen molar-refractivity contribution >= 4 is 11.6 Å². The molecule has 9 heteroatoms. The minimum Gasteiger partial charge on any atom is -0.491 e. The molecule has 0 radical (unpaired) electrons. The first-order valence-corrected chi connectivity index (χ1v) is 10.6. The number of ether oxygens (including phenoxy) is 1. The van der Waals surface area contributed by atoms with Crippen LogP contribution in [-0.4, -0.2) is 32.7 Å². The van der Waals surface area contributed by atoms with E-state index in [-0.39, 0.29) is 39.5 Å². The molecule has 0 amide bonds. The Morgan fingerprint density at radius 2 is 1.81 bits per heavy atom. The van der Waals surface area contributed by atoms with Crippen molar-refractivity contribution in [2.75, 3.05) is 18.2 Å². The van der Waals surface area contributed by atoms with Crippen molar-refractivity contribution in [3.63, 3.8) is 0 Å². The van der Waals surface area contributed by atoms with Gasteiger partial charge in [0, 0.05) is 46.2 Å². The third-order valence-electron chi connectivity index (χ3n) is 4.67. The van der Waals surface area contributed by atoms with E-state index >= 15 is 0 Å². The van der Waals surface area contributed by atoms with Crippen LogP contribution in [0.4, 0.5) is 11.6 Å². The van der Waals surface area contributed by atoms with Crippen LogP contribution >= 0.6 is 0 Å². The van der Waals surface area contributed by atoms with Gasteiger partial charge in [-0.15, -0.1) is 0 Å². The van der Waals surface area contributed by atoms with E-state index in [0.29, 0.717) is 17.6 Å². The number of nitrogens with two attached hydrogens (primary N) is 1. The summed E-state index contributed by atoms with van der Waals surface area (Å²) in [5.41, 5.74) is 6.69. The number of nitrogens with one attached hydrogen (secondary N) is 1. The molecule has 0 aromatic carbocycles. The predicted octanol–water partition coefficient (Wildman–Crippen LogP) is 4.48. The van der Waals surface area contributed by atoms with Crippen LogP contribution in [0, 0.1) is 38.0 Å². The van der Waals surface area contributed by atoms with Gasteiger partial charge in [-0.25, -0.2) is 9.97 Å². The number of rotatable bonds is 4. The Morgan fingerprint density at radius 3 is 2.34 bits per heavy atom. The summed E-state index contributed by atoms with van der Waals surface area (Å²) in [6, 6.07) is 7.78. The number of hydrogen-bond acceptors (Lipinski definition) is 7. The van der Waals surface area contributed by atoms with Crippen molar-refractivity contribution in [3.05, 3.63) is 65.1 Å². The average molecular weight is 667 g/mol. The standard InChI is InChI=1S/C16H19N3O2.C5H7N3.C2H6.U.2H2/c1-21-14-7-4-10-19(16(14)20)13-8-9-15(17-11-13)18-12-5-2-3-6-12;1-4-2-8-5(6)3-7-4;1-2;;;/h4,7-12H,2-3,5-6H2,1H3,(H,17,18);2-3H,1H3,(H2,6,8);1-2H3;;2*1H. The zero-order valence-corrected chi connectivity index (χ0v) is 23.4. The number of anilines is 2. The molecule has 32 heavy (non-hydrogen) atoms. The van der Waals surface area contributed by atoms with Gasteiger partial charge in [-0.2, -0.15) is 0 Å². The van der Waals surface area contributed by atoms with Gasteiger partial charge in [0.1, 0.15) is 11.6 Å². The smallest absolute Gasteiger partial charge is 0.297 e. The van der Waals surface area contributed by atoms with Gasteiger partial charge in [0.05, 0.1) is 37.1 Å². The Kier molecular flexibility index (Phi) is 12.7. The van der Waals surface area contributed by atoms with Crippen molar-refractivity contribution in [2.24, 2.45) is 0 Å². The van der Waals surface area contributed by atoms with Crippen molar-refractivity contribution in [2.45, 2.75) is 52.5 Å². The summed E-state index contributed by atoms with van der Waals surface area (Å²) in [7, 11) is 1.49. The van der Waals surface area contributed by atoms with Crippen LogP contribution in [0.25, 0.3) is 5.69 Å². The van der Waals surface area contributed by atoms with Crippen molar-refractivity contribution in [1.29, 1.82) is 0 Å². The molecule has 1 saturated carbocycles. The summed E-state index contributed by atoms with van der Waals surface area (Å²) in [6.07, 6.45) is 11.6. The third kappa shape index (κ3) is 8.29. The van der Waals surface area contributed by atoms with Gasteiger partial charge in [0.2, 0.25) is 0 Å². The van der Waals surface area contributed by atoms with Crippen molar-refractivity contribution in [3.8, 4) is 11.4 Å². The molecule has 3 aromatic rings. The van der Waals surface area contributed by atoms with Crippen molar-refractivity contribution in [1.82, 2.24) is 19.5 Å². The fourth-order valence-corrected chi connectivity index (χ4v) is 3.13. The summed E-state index contributed by atoms with van der Waals surface area (Å²) in [6.45, 7) is 5.87. The normalized spacial score (nSPS) is 12.4. The van der Waals surface area contributed by atoms with Gasteiger partial charge in [-0.1, -0.05) is 26.7 Å². The maximum Gasteiger partial charge on any atom is 0.297 e. The molecule has 1 fully saturated rings. The SMILES string of the molecule is CC.COc1cccn(-c2ccc(NC3CCCC3)nc2)c1=O.Cc1cnc(N)cn1.[HH].[HH].[U]. The van der Waals surface area contributed by atoms with Gasteiger partial charge in [0.15, 0.2) is 5.75 Å². The fourth-order valence-electron chi connectivity index (χ4n) is 3.13. The number of aromatic nitrogens is 4. The molecule has 0 spiro atoms. The Labute approximate surface area is 216 Å². The van der Waals surface area contributed by atoms with Crippen molar-refractivity contribution < 1.29 is 38.7 Å². The number of nitrogens with zero attached hydrogens (tertiary/aromatic N) is 4. The topological polar surface area (TPSA) is 108 Å². The molecule has 1 aliphatic carbocycles. The van der Waals surface area contributed by atoms with E-state index in [9.17, 15) is 4.79 Å². The van der Waals surface area contributed by atoms with Gasteiger partial charge < -0.3 is 15.8 Å². The van der Waals surface area contributed by atoms with E-state index in [1.807, 2.05) is 32.9 Å². The van der Waals surface area contributed by atoms with E-state index in [1.165, 1.54) is 43.6 Å². The molecule has 174 valence electrons. The van der Waals surface area contributed by atoms with Gasteiger partial charge in [0.25, 0.3) is 5.56 Å². The molecule has 3 heterocycles. The molecule has 0 saturated heterocycles. The maximum absolute atomic E-state index is 12.2. The molecular weight excluding hydrogens is 630 g/mol. The van der Waals surface area contributed by atoms with E-state index in [4.69, 9.17) is 10.5 Å². The molecule has 8 nitrogen and oxygen atoms in total. The number of pyridine rings is 2. The summed E-state index contributed by atoms with van der Waals surface area (Å²) in [5, 5.41) is 3.43.